The molecule has 0 atom stereocenters. The van der Waals surface area contributed by atoms with Crippen LogP contribution in [0.25, 0.3) is 0 Å². The van der Waals surface area contributed by atoms with Crippen LogP contribution in [0.2, 0.25) is 0 Å². The van der Waals surface area contributed by atoms with Crippen LogP contribution in [0.3, 0.4) is 0 Å². The fraction of sp³-hybridized carbons (Fsp3) is 1.00. The molecule has 0 aromatic carbocycles. The molecular formula is C16H28N2O4. The van der Waals surface area contributed by atoms with Crippen molar-refractivity contribution in [3.8, 4) is 0 Å². The molecule has 0 aromatic rings. The molecule has 0 N–H and O–H groups in total. The Hall–Kier alpha value is -1.20. The van der Waals surface area contributed by atoms with Gasteiger partial charge < -0.3 is 0 Å². The van der Waals surface area contributed by atoms with E-state index >= 15 is 0 Å². The van der Waals surface area contributed by atoms with Crippen LogP contribution in [0.15, 0.2) is 0 Å². The smallest absolute Gasteiger partial charge is 0.264 e. The Morgan fingerprint density at radius 3 is 0.955 bits per heavy atom. The van der Waals surface area contributed by atoms with E-state index in [0.717, 1.165) is 64.2 Å². The minimum absolute atomic E-state index is 0.261. The van der Waals surface area contributed by atoms with Gasteiger partial charge in [0.1, 0.15) is 0 Å². The van der Waals surface area contributed by atoms with E-state index in [2.05, 4.69) is 0 Å². The molecule has 2 rings (SSSR count). The lowest BCUT2D eigenvalue weighted by molar-refractivity contribution is -0.691. The first-order valence-electron chi connectivity index (χ1n) is 8.84. The Labute approximate surface area is 132 Å². The predicted molar refractivity (Wildman–Crippen MR) is 84.1 cm³/mol. The quantitative estimate of drug-likeness (QED) is 0.567. The van der Waals surface area contributed by atoms with Crippen LogP contribution in [0.1, 0.15) is 89.9 Å². The van der Waals surface area contributed by atoms with Crippen molar-refractivity contribution in [2.24, 2.45) is 0 Å². The molecule has 2 aliphatic rings. The van der Waals surface area contributed by atoms with Crippen LogP contribution >= 0.6 is 0 Å². The second-order valence-corrected chi connectivity index (χ2v) is 7.11. The van der Waals surface area contributed by atoms with Crippen LogP contribution in [-0.4, -0.2) is 20.9 Å². The molecule has 2 aliphatic carbocycles. The third-order valence-corrected chi connectivity index (χ3v) is 5.93. The first-order chi connectivity index (χ1) is 10.6. The van der Waals surface area contributed by atoms with Crippen molar-refractivity contribution in [3.63, 3.8) is 0 Å². The maximum absolute atomic E-state index is 12.0. The summed E-state index contributed by atoms with van der Waals surface area (Å²) in [6.45, 7) is 0. The summed E-state index contributed by atoms with van der Waals surface area (Å²) in [5.74, 6) is 0. The molecule has 0 unspecified atom stereocenters. The fourth-order valence-electron chi connectivity index (χ4n) is 4.62. The van der Waals surface area contributed by atoms with E-state index in [9.17, 15) is 20.2 Å². The first kappa shape index (κ1) is 17.2. The summed E-state index contributed by atoms with van der Waals surface area (Å²) in [6.07, 6.45) is 10.5. The monoisotopic (exact) mass is 312 g/mol. The molecule has 0 radical (unpaired) electrons. The van der Waals surface area contributed by atoms with Crippen LogP contribution in [0, 0.1) is 20.2 Å². The number of nitrogens with zero attached hydrogens (tertiary/aromatic N) is 2. The normalized spacial score (nSPS) is 26.0. The topological polar surface area (TPSA) is 86.3 Å². The van der Waals surface area contributed by atoms with Crippen LogP contribution in [0.4, 0.5) is 0 Å². The molecular weight excluding hydrogens is 284 g/mol. The molecule has 0 aliphatic heterocycles. The highest BCUT2D eigenvalue weighted by Gasteiger charge is 2.68. The van der Waals surface area contributed by atoms with Crippen LogP contribution in [-0.2, 0) is 0 Å². The molecule has 126 valence electrons. The second kappa shape index (κ2) is 7.38. The van der Waals surface area contributed by atoms with Crippen molar-refractivity contribution in [1.82, 2.24) is 0 Å². The van der Waals surface area contributed by atoms with Crippen LogP contribution < -0.4 is 0 Å². The van der Waals surface area contributed by atoms with Gasteiger partial charge in [0.05, 0.1) is 0 Å². The van der Waals surface area contributed by atoms with Crippen molar-refractivity contribution in [2.45, 2.75) is 101 Å². The van der Waals surface area contributed by atoms with Crippen molar-refractivity contribution in [1.29, 1.82) is 0 Å². The lowest BCUT2D eigenvalue weighted by Crippen LogP contribution is -2.63. The zero-order chi connectivity index (χ0) is 16.1. The third-order valence-electron chi connectivity index (χ3n) is 5.93. The van der Waals surface area contributed by atoms with Crippen molar-refractivity contribution in [3.05, 3.63) is 20.2 Å². The van der Waals surface area contributed by atoms with Gasteiger partial charge >= 0.3 is 0 Å². The maximum atomic E-state index is 12.0. The van der Waals surface area contributed by atoms with E-state index < -0.39 is 11.1 Å². The second-order valence-electron chi connectivity index (χ2n) is 7.11. The predicted octanol–water partition coefficient (Wildman–Crippen LogP) is 4.51. The van der Waals surface area contributed by atoms with Crippen LogP contribution in [0.5, 0.6) is 0 Å². The van der Waals surface area contributed by atoms with Gasteiger partial charge in [-0.25, -0.2) is 0 Å². The fourth-order valence-corrected chi connectivity index (χ4v) is 4.62. The Morgan fingerprint density at radius 1 is 0.500 bits per heavy atom. The average Bonchev–Trinajstić information content (AvgIpc) is 2.39. The molecule has 0 spiro atoms. The summed E-state index contributed by atoms with van der Waals surface area (Å²) >= 11 is 0. The highest BCUT2D eigenvalue weighted by Crippen LogP contribution is 2.46. The standard InChI is InChI=1S/C16H28N2O4/c19-17(20)15(11-7-3-1-4-8-12-15)16(18(21)22)13-9-5-2-6-10-14-16/h1-14H2. The summed E-state index contributed by atoms with van der Waals surface area (Å²) < 4.78 is 0. The molecule has 0 aromatic heterocycles. The van der Waals surface area contributed by atoms with E-state index in [0.29, 0.717) is 25.7 Å². The summed E-state index contributed by atoms with van der Waals surface area (Å²) in [5, 5.41) is 24.1. The third kappa shape index (κ3) is 3.10. The zero-order valence-corrected chi connectivity index (χ0v) is 13.4. The SMILES string of the molecule is O=[N+]([O-])C1(C2([N+](=O)[O-])CCCCCCC2)CCCCCCC1. The maximum Gasteiger partial charge on any atom is 0.290 e. The van der Waals surface area contributed by atoms with Gasteiger partial charge in [0.15, 0.2) is 0 Å². The molecule has 6 heteroatoms. The number of hydrogen-bond donors (Lipinski definition) is 0. The van der Waals surface area contributed by atoms with E-state index in [1.165, 1.54) is 0 Å². The summed E-state index contributed by atoms with van der Waals surface area (Å²) in [5.41, 5.74) is -2.71. The van der Waals surface area contributed by atoms with Gasteiger partial charge in [-0.1, -0.05) is 38.5 Å². The highest BCUT2D eigenvalue weighted by atomic mass is 16.6. The van der Waals surface area contributed by atoms with Gasteiger partial charge in [-0.2, -0.15) is 0 Å². The Balaban J connectivity index is 2.42. The van der Waals surface area contributed by atoms with E-state index in [4.69, 9.17) is 0 Å². The number of nitro groups is 2. The van der Waals surface area contributed by atoms with Gasteiger partial charge in [0.2, 0.25) is 0 Å². The summed E-state index contributed by atoms with van der Waals surface area (Å²) in [4.78, 5) is 23.6. The average molecular weight is 312 g/mol. The molecule has 2 saturated carbocycles. The Morgan fingerprint density at radius 2 is 0.727 bits per heavy atom. The lowest BCUT2D eigenvalue weighted by atomic mass is 9.65. The van der Waals surface area contributed by atoms with Crippen molar-refractivity contribution >= 4 is 0 Å². The van der Waals surface area contributed by atoms with Crippen molar-refractivity contribution < 1.29 is 9.85 Å². The Kier molecular flexibility index (Phi) is 5.75. The minimum Gasteiger partial charge on any atom is -0.264 e. The minimum atomic E-state index is -1.35. The van der Waals surface area contributed by atoms with Gasteiger partial charge in [-0.3, -0.25) is 20.2 Å². The van der Waals surface area contributed by atoms with Gasteiger partial charge in [0, 0.05) is 35.5 Å². The summed E-state index contributed by atoms with van der Waals surface area (Å²) in [6, 6.07) is 0. The molecule has 22 heavy (non-hydrogen) atoms. The number of rotatable bonds is 3. The molecule has 2 fully saturated rings. The highest BCUT2D eigenvalue weighted by molar-refractivity contribution is 5.01. The molecule has 0 amide bonds. The number of hydrogen-bond acceptors (Lipinski definition) is 4. The van der Waals surface area contributed by atoms with E-state index in [-0.39, 0.29) is 9.85 Å². The molecule has 6 nitrogen and oxygen atoms in total. The van der Waals surface area contributed by atoms with Crippen molar-refractivity contribution in [2.75, 3.05) is 0 Å². The van der Waals surface area contributed by atoms with Gasteiger partial charge in [-0.05, 0) is 25.7 Å². The molecule has 0 saturated heterocycles. The zero-order valence-electron chi connectivity index (χ0n) is 13.4. The van der Waals surface area contributed by atoms with Gasteiger partial charge in [-0.15, -0.1) is 0 Å². The first-order valence-corrected chi connectivity index (χ1v) is 8.84. The largest absolute Gasteiger partial charge is 0.290 e. The summed E-state index contributed by atoms with van der Waals surface area (Å²) in [7, 11) is 0. The van der Waals surface area contributed by atoms with Gasteiger partial charge in [0.25, 0.3) is 11.1 Å². The molecule has 0 bridgehead atoms. The lowest BCUT2D eigenvalue weighted by Gasteiger charge is -2.39. The van der Waals surface area contributed by atoms with E-state index in [1.807, 2.05) is 0 Å². The molecule has 0 heterocycles. The Bertz CT molecular complexity index is 357. The van der Waals surface area contributed by atoms with E-state index in [1.54, 1.807) is 0 Å².